The van der Waals surface area contributed by atoms with Crippen molar-refractivity contribution in [2.24, 2.45) is 0 Å². The standard InChI is InChI=1S/C31H42O4/c1-5-31(6-2,26-13-12-25(23(3)21-26)16-19-30(34)17-10-18-30)27-14-15-28(24(4)22-27)35-20-9-7-8-11-29(32)33/h12-16,19,21-22,34H,5-11,17-18,20H2,1-4H3,(H,32,33)/b19-16+. The van der Waals surface area contributed by atoms with Gasteiger partial charge in [-0.3, -0.25) is 4.79 Å². The number of hydrogen-bond donors (Lipinski definition) is 2. The van der Waals surface area contributed by atoms with Gasteiger partial charge in [-0.05, 0) is 99.1 Å². The molecule has 3 rings (SSSR count). The molecule has 1 saturated carbocycles. The number of unbranched alkanes of at least 4 members (excludes halogenated alkanes) is 2. The van der Waals surface area contributed by atoms with Crippen LogP contribution in [0.1, 0.15) is 99.5 Å². The minimum absolute atomic E-state index is 0.0701. The summed E-state index contributed by atoms with van der Waals surface area (Å²) in [6.07, 6.45) is 11.5. The Morgan fingerprint density at radius 3 is 2.20 bits per heavy atom. The lowest BCUT2D eigenvalue weighted by atomic mass is 9.70. The summed E-state index contributed by atoms with van der Waals surface area (Å²) in [5.41, 5.74) is 5.47. The predicted octanol–water partition coefficient (Wildman–Crippen LogP) is 7.36. The summed E-state index contributed by atoms with van der Waals surface area (Å²) in [6, 6.07) is 13.3. The zero-order valence-corrected chi connectivity index (χ0v) is 21.9. The van der Waals surface area contributed by atoms with Crippen LogP contribution in [0.4, 0.5) is 0 Å². The number of aryl methyl sites for hydroxylation is 2. The van der Waals surface area contributed by atoms with E-state index < -0.39 is 11.6 Å². The molecule has 0 heterocycles. The van der Waals surface area contributed by atoms with Crippen LogP contribution in [-0.2, 0) is 10.2 Å². The van der Waals surface area contributed by atoms with Gasteiger partial charge in [0.1, 0.15) is 5.75 Å². The largest absolute Gasteiger partial charge is 0.493 e. The molecule has 0 atom stereocenters. The lowest BCUT2D eigenvalue weighted by Gasteiger charge is -2.34. The fraction of sp³-hybridized carbons (Fsp3) is 0.516. The smallest absolute Gasteiger partial charge is 0.303 e. The molecule has 0 saturated heterocycles. The van der Waals surface area contributed by atoms with Gasteiger partial charge in [0.2, 0.25) is 0 Å². The van der Waals surface area contributed by atoms with E-state index in [9.17, 15) is 9.90 Å². The molecule has 0 unspecified atom stereocenters. The second kappa shape index (κ2) is 11.9. The molecule has 0 aliphatic heterocycles. The zero-order chi connectivity index (χ0) is 25.5. The van der Waals surface area contributed by atoms with Gasteiger partial charge in [-0.2, -0.15) is 0 Å². The first-order valence-corrected chi connectivity index (χ1v) is 13.2. The molecular weight excluding hydrogens is 436 g/mol. The Bertz CT molecular complexity index is 1030. The van der Waals surface area contributed by atoms with E-state index in [4.69, 9.17) is 9.84 Å². The molecule has 0 radical (unpaired) electrons. The molecule has 0 spiro atoms. The Balaban J connectivity index is 1.74. The van der Waals surface area contributed by atoms with Gasteiger partial charge in [0.15, 0.2) is 0 Å². The van der Waals surface area contributed by atoms with Gasteiger partial charge in [-0.25, -0.2) is 0 Å². The van der Waals surface area contributed by atoms with E-state index in [1.165, 1.54) is 22.3 Å². The fourth-order valence-electron chi connectivity index (χ4n) is 5.19. The van der Waals surface area contributed by atoms with Crippen LogP contribution >= 0.6 is 0 Å². The highest BCUT2D eigenvalue weighted by atomic mass is 16.5. The van der Waals surface area contributed by atoms with Crippen LogP contribution in [0.3, 0.4) is 0 Å². The molecule has 0 amide bonds. The molecule has 0 aromatic heterocycles. The molecule has 0 bridgehead atoms. The predicted molar refractivity (Wildman–Crippen MR) is 143 cm³/mol. The average Bonchev–Trinajstić information content (AvgIpc) is 2.81. The molecule has 1 aliphatic carbocycles. The summed E-state index contributed by atoms with van der Waals surface area (Å²) in [5.74, 6) is 0.167. The minimum Gasteiger partial charge on any atom is -0.493 e. The monoisotopic (exact) mass is 478 g/mol. The Morgan fingerprint density at radius 1 is 1.00 bits per heavy atom. The molecule has 2 aromatic rings. The summed E-state index contributed by atoms with van der Waals surface area (Å²) >= 11 is 0. The lowest BCUT2D eigenvalue weighted by molar-refractivity contribution is -0.137. The van der Waals surface area contributed by atoms with Crippen molar-refractivity contribution < 1.29 is 19.7 Å². The maximum atomic E-state index is 10.6. The van der Waals surface area contributed by atoms with Gasteiger partial charge in [0.25, 0.3) is 0 Å². The number of ether oxygens (including phenoxy) is 1. The van der Waals surface area contributed by atoms with Crippen LogP contribution in [0.25, 0.3) is 6.08 Å². The van der Waals surface area contributed by atoms with E-state index in [1.54, 1.807) is 0 Å². The molecule has 1 fully saturated rings. The second-order valence-corrected chi connectivity index (χ2v) is 10.2. The number of carbonyl (C=O) groups is 1. The molecule has 4 heteroatoms. The Kier molecular flexibility index (Phi) is 9.18. The third-order valence-electron chi connectivity index (χ3n) is 7.84. The average molecular weight is 479 g/mol. The van der Waals surface area contributed by atoms with Crippen molar-refractivity contribution in [3.8, 4) is 5.75 Å². The number of benzene rings is 2. The van der Waals surface area contributed by atoms with Crippen molar-refractivity contribution in [3.05, 3.63) is 70.3 Å². The molecule has 1 aliphatic rings. The zero-order valence-electron chi connectivity index (χ0n) is 21.9. The van der Waals surface area contributed by atoms with Crippen LogP contribution in [0.15, 0.2) is 42.5 Å². The highest BCUT2D eigenvalue weighted by molar-refractivity contribution is 5.66. The fourth-order valence-corrected chi connectivity index (χ4v) is 5.19. The van der Waals surface area contributed by atoms with Crippen molar-refractivity contribution in [2.75, 3.05) is 6.61 Å². The summed E-state index contributed by atoms with van der Waals surface area (Å²) in [4.78, 5) is 10.6. The highest BCUT2D eigenvalue weighted by Gasteiger charge is 2.32. The Morgan fingerprint density at radius 2 is 1.66 bits per heavy atom. The summed E-state index contributed by atoms with van der Waals surface area (Å²) in [6.45, 7) is 9.38. The van der Waals surface area contributed by atoms with E-state index in [2.05, 4.69) is 70.2 Å². The van der Waals surface area contributed by atoms with E-state index >= 15 is 0 Å². The van der Waals surface area contributed by atoms with Crippen molar-refractivity contribution in [1.29, 1.82) is 0 Å². The van der Waals surface area contributed by atoms with Gasteiger partial charge < -0.3 is 14.9 Å². The molecular formula is C31H42O4. The number of carboxylic acid groups (broad SMARTS) is 1. The van der Waals surface area contributed by atoms with Gasteiger partial charge in [0.05, 0.1) is 12.2 Å². The van der Waals surface area contributed by atoms with E-state index in [0.29, 0.717) is 13.0 Å². The first-order chi connectivity index (χ1) is 16.7. The van der Waals surface area contributed by atoms with Crippen molar-refractivity contribution in [3.63, 3.8) is 0 Å². The quantitative estimate of drug-likeness (QED) is 0.295. The van der Waals surface area contributed by atoms with Crippen LogP contribution in [0.2, 0.25) is 0 Å². The maximum absolute atomic E-state index is 10.6. The van der Waals surface area contributed by atoms with Crippen LogP contribution in [0, 0.1) is 13.8 Å². The van der Waals surface area contributed by atoms with Crippen molar-refractivity contribution in [2.45, 2.75) is 96.5 Å². The number of rotatable bonds is 13. The first-order valence-electron chi connectivity index (χ1n) is 13.2. The van der Waals surface area contributed by atoms with E-state index in [1.807, 2.05) is 6.08 Å². The van der Waals surface area contributed by atoms with Crippen LogP contribution in [-0.4, -0.2) is 28.4 Å². The third kappa shape index (κ3) is 6.55. The van der Waals surface area contributed by atoms with Gasteiger partial charge in [-0.15, -0.1) is 0 Å². The topological polar surface area (TPSA) is 66.8 Å². The van der Waals surface area contributed by atoms with Gasteiger partial charge >= 0.3 is 5.97 Å². The normalized spacial score (nSPS) is 15.2. The van der Waals surface area contributed by atoms with Crippen LogP contribution in [0.5, 0.6) is 5.75 Å². The Hall–Kier alpha value is -2.59. The van der Waals surface area contributed by atoms with Crippen molar-refractivity contribution in [1.82, 2.24) is 0 Å². The van der Waals surface area contributed by atoms with Gasteiger partial charge in [-0.1, -0.05) is 56.3 Å². The molecule has 4 nitrogen and oxygen atoms in total. The number of carboxylic acids is 1. The maximum Gasteiger partial charge on any atom is 0.303 e. The summed E-state index contributed by atoms with van der Waals surface area (Å²) in [5, 5.41) is 19.2. The van der Waals surface area contributed by atoms with Crippen molar-refractivity contribution >= 4 is 12.0 Å². The first kappa shape index (κ1) is 27.0. The third-order valence-corrected chi connectivity index (χ3v) is 7.84. The molecule has 2 N–H and O–H groups in total. The second-order valence-electron chi connectivity index (χ2n) is 10.2. The summed E-state index contributed by atoms with van der Waals surface area (Å²) < 4.78 is 6.01. The lowest BCUT2D eigenvalue weighted by Crippen LogP contribution is -2.33. The highest BCUT2D eigenvalue weighted by Crippen LogP contribution is 2.41. The van der Waals surface area contributed by atoms with E-state index in [0.717, 1.165) is 56.3 Å². The van der Waals surface area contributed by atoms with E-state index in [-0.39, 0.29) is 11.8 Å². The number of aliphatic carboxylic acids is 1. The number of hydrogen-bond acceptors (Lipinski definition) is 3. The molecule has 190 valence electrons. The minimum atomic E-state index is -0.735. The number of aliphatic hydroxyl groups is 1. The van der Waals surface area contributed by atoms with Crippen LogP contribution < -0.4 is 4.74 Å². The SMILES string of the molecule is CCC(CC)(c1ccc(/C=C/C2(O)CCC2)c(C)c1)c1ccc(OCCCCCC(=O)O)c(C)c1. The molecule has 35 heavy (non-hydrogen) atoms. The molecule has 2 aromatic carbocycles. The van der Waals surface area contributed by atoms with Gasteiger partial charge in [0, 0.05) is 11.8 Å². The Labute approximate surface area is 211 Å². The summed E-state index contributed by atoms with van der Waals surface area (Å²) in [7, 11) is 0.